The summed E-state index contributed by atoms with van der Waals surface area (Å²) in [6.45, 7) is 5.84. The van der Waals surface area contributed by atoms with Crippen molar-refractivity contribution < 1.29 is 17.6 Å². The van der Waals surface area contributed by atoms with E-state index in [4.69, 9.17) is 11.6 Å². The van der Waals surface area contributed by atoms with Gasteiger partial charge in [-0.3, -0.25) is 9.10 Å². The van der Waals surface area contributed by atoms with Gasteiger partial charge in [0.05, 0.1) is 16.6 Å². The van der Waals surface area contributed by atoms with E-state index in [-0.39, 0.29) is 29.3 Å². The Kier molecular flexibility index (Phi) is 7.24. The summed E-state index contributed by atoms with van der Waals surface area (Å²) in [7, 11) is -3.99. The van der Waals surface area contributed by atoms with Crippen LogP contribution in [0.25, 0.3) is 0 Å². The summed E-state index contributed by atoms with van der Waals surface area (Å²) in [4.78, 5) is 13.3. The fourth-order valence-electron chi connectivity index (χ4n) is 6.07. The molecule has 2 aliphatic rings. The van der Waals surface area contributed by atoms with Gasteiger partial charge in [-0.15, -0.1) is 0 Å². The van der Waals surface area contributed by atoms with Crippen LogP contribution in [0, 0.1) is 11.7 Å². The number of fused-ring (bicyclic) bond motifs is 2. The van der Waals surface area contributed by atoms with Gasteiger partial charge in [-0.05, 0) is 91.5 Å². The largest absolute Gasteiger partial charge is 0.348 e. The van der Waals surface area contributed by atoms with E-state index in [0.717, 1.165) is 37.1 Å². The lowest BCUT2D eigenvalue weighted by Crippen LogP contribution is -2.54. The predicted octanol–water partition coefficient (Wildman–Crippen LogP) is 5.26. The highest BCUT2D eigenvalue weighted by molar-refractivity contribution is 7.92. The van der Waals surface area contributed by atoms with Crippen molar-refractivity contribution in [3.05, 3.63) is 94.3 Å². The van der Waals surface area contributed by atoms with E-state index in [2.05, 4.69) is 10.6 Å². The van der Waals surface area contributed by atoms with Gasteiger partial charge in [0.1, 0.15) is 5.82 Å². The predicted molar refractivity (Wildman–Crippen MR) is 148 cm³/mol. The molecule has 0 bridgehead atoms. The van der Waals surface area contributed by atoms with Crippen LogP contribution in [-0.4, -0.2) is 33.5 Å². The first-order chi connectivity index (χ1) is 18.1. The van der Waals surface area contributed by atoms with Gasteiger partial charge in [0.2, 0.25) is 0 Å². The molecular formula is C29H31ClFN3O3S. The maximum atomic E-state index is 14.1. The van der Waals surface area contributed by atoms with E-state index >= 15 is 0 Å². The highest BCUT2D eigenvalue weighted by atomic mass is 35.5. The average Bonchev–Trinajstić information content (AvgIpc) is 3.18. The molecule has 0 saturated carbocycles. The number of anilines is 1. The average molecular weight is 556 g/mol. The van der Waals surface area contributed by atoms with Crippen LogP contribution in [0.5, 0.6) is 0 Å². The van der Waals surface area contributed by atoms with Gasteiger partial charge in [0.15, 0.2) is 0 Å². The molecule has 1 atom stereocenters. The van der Waals surface area contributed by atoms with E-state index in [1.165, 1.54) is 28.6 Å². The zero-order valence-corrected chi connectivity index (χ0v) is 22.9. The monoisotopic (exact) mass is 555 g/mol. The lowest BCUT2D eigenvalue weighted by molar-refractivity contribution is 0.0950. The highest BCUT2D eigenvalue weighted by Crippen LogP contribution is 2.54. The Labute approximate surface area is 228 Å². The highest BCUT2D eigenvalue weighted by Gasteiger charge is 2.56. The Morgan fingerprint density at radius 3 is 2.45 bits per heavy atom. The number of amides is 1. The number of hydrogen-bond acceptors (Lipinski definition) is 4. The third-order valence-electron chi connectivity index (χ3n) is 7.75. The normalized spacial score (nSPS) is 18.6. The second-order valence-corrected chi connectivity index (χ2v) is 12.6. The van der Waals surface area contributed by atoms with E-state index in [1.54, 1.807) is 18.2 Å². The number of carbonyl (C=O) groups is 1. The molecule has 3 aromatic rings. The molecule has 2 heterocycles. The third kappa shape index (κ3) is 4.59. The molecule has 6 nitrogen and oxygen atoms in total. The lowest BCUT2D eigenvalue weighted by atomic mass is 9.67. The van der Waals surface area contributed by atoms with Crippen LogP contribution in [-0.2, 0) is 22.0 Å². The van der Waals surface area contributed by atoms with Crippen LogP contribution in [0.3, 0.4) is 0 Å². The van der Waals surface area contributed by atoms with Gasteiger partial charge in [0.25, 0.3) is 15.9 Å². The minimum Gasteiger partial charge on any atom is -0.348 e. The summed E-state index contributed by atoms with van der Waals surface area (Å²) in [5.74, 6) is -0.751. The summed E-state index contributed by atoms with van der Waals surface area (Å²) in [6, 6.07) is 17.2. The van der Waals surface area contributed by atoms with Crippen molar-refractivity contribution in [2.24, 2.45) is 5.92 Å². The second kappa shape index (κ2) is 10.3. The molecule has 2 aliphatic heterocycles. The smallest absolute Gasteiger partial charge is 0.264 e. The first-order valence-electron chi connectivity index (χ1n) is 12.8. The summed E-state index contributed by atoms with van der Waals surface area (Å²) < 4.78 is 43.3. The molecule has 2 N–H and O–H groups in total. The first kappa shape index (κ1) is 26.7. The van der Waals surface area contributed by atoms with Crippen LogP contribution in [0.15, 0.2) is 71.6 Å². The third-order valence-corrected chi connectivity index (χ3v) is 9.92. The van der Waals surface area contributed by atoms with Gasteiger partial charge in [-0.1, -0.05) is 43.6 Å². The zero-order valence-electron chi connectivity index (χ0n) is 21.4. The minimum absolute atomic E-state index is 0.00628. The standard InChI is InChI=1S/C29H31ClFN3O3S/c1-19(2)27-29(13-15-32-16-14-29)24-17-20(28(35)33-18-21-5-3-4-6-25(21)30)7-12-26(24)34(27)38(36,37)23-10-8-22(31)9-11-23/h3-12,17,19,27,32H,13-16,18H2,1-2H3,(H,33,35). The van der Waals surface area contributed by atoms with Crippen molar-refractivity contribution >= 4 is 33.2 Å². The van der Waals surface area contributed by atoms with Crippen molar-refractivity contribution in [1.29, 1.82) is 0 Å². The molecule has 38 heavy (non-hydrogen) atoms. The molecule has 1 amide bonds. The molecular weight excluding hydrogens is 525 g/mol. The number of halogens is 2. The van der Waals surface area contributed by atoms with Crippen molar-refractivity contribution in [3.8, 4) is 0 Å². The first-order valence-corrected chi connectivity index (χ1v) is 14.6. The lowest BCUT2D eigenvalue weighted by Gasteiger charge is -2.44. The summed E-state index contributed by atoms with van der Waals surface area (Å²) in [5.41, 5.74) is 2.28. The number of carbonyl (C=O) groups excluding carboxylic acids is 1. The number of sulfonamides is 1. The SMILES string of the molecule is CC(C)C1N(S(=O)(=O)c2ccc(F)cc2)c2ccc(C(=O)NCc3ccccc3Cl)cc2C12CCNCC2. The number of hydrogen-bond donors (Lipinski definition) is 2. The Morgan fingerprint density at radius 2 is 1.79 bits per heavy atom. The van der Waals surface area contributed by atoms with E-state index in [9.17, 15) is 17.6 Å². The topological polar surface area (TPSA) is 78.5 Å². The molecule has 5 rings (SSSR count). The molecule has 0 radical (unpaired) electrons. The molecule has 1 fully saturated rings. The second-order valence-electron chi connectivity index (χ2n) is 10.4. The van der Waals surface area contributed by atoms with Crippen LogP contribution < -0.4 is 14.9 Å². The maximum absolute atomic E-state index is 14.1. The molecule has 200 valence electrons. The maximum Gasteiger partial charge on any atom is 0.264 e. The van der Waals surface area contributed by atoms with Gasteiger partial charge in [0, 0.05) is 22.5 Å². The zero-order chi connectivity index (χ0) is 27.1. The number of nitrogens with one attached hydrogen (secondary N) is 2. The minimum atomic E-state index is -3.99. The fraction of sp³-hybridized carbons (Fsp3) is 0.345. The van der Waals surface area contributed by atoms with Crippen molar-refractivity contribution in [2.75, 3.05) is 17.4 Å². The van der Waals surface area contributed by atoms with Crippen LogP contribution in [0.2, 0.25) is 5.02 Å². The van der Waals surface area contributed by atoms with Gasteiger partial charge < -0.3 is 10.6 Å². The van der Waals surface area contributed by atoms with Crippen molar-refractivity contribution in [3.63, 3.8) is 0 Å². The molecule has 1 saturated heterocycles. The number of rotatable bonds is 6. The molecule has 0 aliphatic carbocycles. The number of nitrogens with zero attached hydrogens (tertiary/aromatic N) is 1. The molecule has 1 unspecified atom stereocenters. The molecule has 1 spiro atoms. The molecule has 3 aromatic carbocycles. The van der Waals surface area contributed by atoms with Gasteiger partial charge in [-0.2, -0.15) is 0 Å². The van der Waals surface area contributed by atoms with Crippen molar-refractivity contribution in [1.82, 2.24) is 10.6 Å². The number of piperidine rings is 1. The molecule has 9 heteroatoms. The van der Waals surface area contributed by atoms with Gasteiger partial charge in [-0.25, -0.2) is 12.8 Å². The summed E-state index contributed by atoms with van der Waals surface area (Å²) >= 11 is 6.25. The Balaban J connectivity index is 1.57. The molecule has 0 aromatic heterocycles. The van der Waals surface area contributed by atoms with E-state index in [1.807, 2.05) is 38.1 Å². The van der Waals surface area contributed by atoms with E-state index in [0.29, 0.717) is 16.3 Å². The summed E-state index contributed by atoms with van der Waals surface area (Å²) in [5, 5.41) is 6.92. The van der Waals surface area contributed by atoms with E-state index < -0.39 is 21.3 Å². The van der Waals surface area contributed by atoms with Crippen molar-refractivity contribution in [2.45, 2.75) is 49.6 Å². The Hall–Kier alpha value is -2.94. The van der Waals surface area contributed by atoms with Crippen LogP contribution >= 0.6 is 11.6 Å². The summed E-state index contributed by atoms with van der Waals surface area (Å²) in [6.07, 6.45) is 1.48. The van der Waals surface area contributed by atoms with Crippen LogP contribution in [0.1, 0.15) is 48.2 Å². The van der Waals surface area contributed by atoms with Crippen LogP contribution in [0.4, 0.5) is 10.1 Å². The quantitative estimate of drug-likeness (QED) is 0.435. The fourth-order valence-corrected chi connectivity index (χ4v) is 8.14. The number of benzene rings is 3. The Bertz CT molecular complexity index is 1450. The van der Waals surface area contributed by atoms with Gasteiger partial charge >= 0.3 is 0 Å². The Morgan fingerprint density at radius 1 is 1.11 bits per heavy atom.